The van der Waals surface area contributed by atoms with Gasteiger partial charge in [-0.05, 0) is 46.2 Å². The third kappa shape index (κ3) is 12.6. The number of imidazole rings is 1. The first kappa shape index (κ1) is 46.2. The van der Waals surface area contributed by atoms with Crippen molar-refractivity contribution in [3.63, 3.8) is 0 Å². The zero-order chi connectivity index (χ0) is 39.6. The van der Waals surface area contributed by atoms with E-state index >= 15 is 0 Å². The number of aromatic amines is 1. The maximum atomic E-state index is 13.1. The van der Waals surface area contributed by atoms with Gasteiger partial charge >= 0.3 is 15.6 Å². The lowest BCUT2D eigenvalue weighted by Crippen LogP contribution is -2.57. The average molecular weight is 792 g/mol. The highest BCUT2D eigenvalue weighted by Gasteiger charge is 2.50. The van der Waals surface area contributed by atoms with Crippen molar-refractivity contribution in [2.24, 2.45) is 0 Å². The molecule has 0 radical (unpaired) electrons. The molecule has 2 aromatic heterocycles. The molecule has 22 nitrogen and oxygen atoms in total. The van der Waals surface area contributed by atoms with Crippen molar-refractivity contribution in [3.05, 3.63) is 16.7 Å². The minimum atomic E-state index is -5.57. The number of ether oxygens (including phenoxy) is 2. The molecule has 0 bridgehead atoms. The highest BCUT2D eigenvalue weighted by atomic mass is 31.3. The molecule has 1 unspecified atom stereocenters. The van der Waals surface area contributed by atoms with Crippen molar-refractivity contribution in [1.29, 1.82) is 0 Å². The Morgan fingerprint density at radius 3 is 1.88 bits per heavy atom. The second-order valence-electron chi connectivity index (χ2n) is 11.7. The molecule has 52 heavy (non-hydrogen) atoms. The summed E-state index contributed by atoms with van der Waals surface area (Å²) >= 11 is 0. The summed E-state index contributed by atoms with van der Waals surface area (Å²) in [6, 6.07) is 0. The number of phosphoric acid groups is 2. The summed E-state index contributed by atoms with van der Waals surface area (Å²) < 4.78 is 50.1. The molecule has 2 fully saturated rings. The van der Waals surface area contributed by atoms with E-state index in [4.69, 9.17) is 24.3 Å². The molecular weight excluding hydrogens is 736 g/mol. The highest BCUT2D eigenvalue weighted by Crippen LogP contribution is 2.62. The van der Waals surface area contributed by atoms with Crippen LogP contribution in [-0.4, -0.2) is 160 Å². The molecule has 4 rings (SSSR count). The number of nitrogens with two attached hydrogens (primary N) is 1. The van der Waals surface area contributed by atoms with E-state index in [0.717, 1.165) is 10.9 Å². The molecule has 2 aliphatic rings. The Morgan fingerprint density at radius 2 is 1.40 bits per heavy atom. The van der Waals surface area contributed by atoms with Crippen molar-refractivity contribution in [1.82, 2.24) is 29.3 Å². The number of fused-ring (bicyclic) bond motifs is 1. The number of hydrogen-bond donors (Lipinski definition) is 9. The predicted octanol–water partition coefficient (Wildman–Crippen LogP) is -0.905. The molecule has 0 aromatic carbocycles. The fourth-order valence-electron chi connectivity index (χ4n) is 5.16. The Morgan fingerprint density at radius 1 is 0.865 bits per heavy atom. The zero-order valence-electron chi connectivity index (χ0n) is 30.3. The Kier molecular flexibility index (Phi) is 18.4. The van der Waals surface area contributed by atoms with Gasteiger partial charge in [-0.25, -0.2) is 14.1 Å². The summed E-state index contributed by atoms with van der Waals surface area (Å²) in [7, 11) is -10.9. The number of hydrogen-bond acceptors (Lipinski definition) is 18. The fourth-order valence-corrected chi connectivity index (χ4v) is 7.37. The number of aliphatic hydroxyl groups is 5. The van der Waals surface area contributed by atoms with E-state index in [1.807, 2.05) is 0 Å². The number of phosphoric ester groups is 1. The number of nitrogens with zero attached hydrogens (tertiary/aromatic N) is 5. The van der Waals surface area contributed by atoms with Crippen LogP contribution in [0.4, 0.5) is 5.95 Å². The quantitative estimate of drug-likeness (QED) is 0.105. The van der Waals surface area contributed by atoms with Crippen molar-refractivity contribution >= 4 is 32.8 Å². The van der Waals surface area contributed by atoms with Crippen molar-refractivity contribution in [3.8, 4) is 0 Å². The number of nitrogens with one attached hydrogen (secondary N) is 1. The summed E-state index contributed by atoms with van der Waals surface area (Å²) in [5, 5.41) is 50.7. The number of nitrogen functional groups attached to an aromatic ring is 1. The van der Waals surface area contributed by atoms with Crippen LogP contribution in [0.5, 0.6) is 0 Å². The van der Waals surface area contributed by atoms with Crippen LogP contribution in [0.2, 0.25) is 0 Å². The van der Waals surface area contributed by atoms with Crippen LogP contribution in [0.15, 0.2) is 11.1 Å². The van der Waals surface area contributed by atoms with Gasteiger partial charge in [-0.3, -0.25) is 23.4 Å². The standard InChI is InChI=1S/C16H25N5O15P2.2C6H15N/c1-4-7(22)9(24)11(26)15(33-4)35-38(31,36-37(28,29)30)32-2-5-8(23)10(25)14(34-5)21-3-18-6-12(21)19-16(17)20-13(6)27;2*1-4-7(5-2)6-3/h3-5,7-11,14-15,22-26H,2H2,1H3,(H2,28,29,30)(H3,17,19,20,27);2*4-6H2,1-3H3/t4-,5+,7+,8+,9+,10+,11-,14+,15+,38?;;/m0../s1. The molecule has 0 aliphatic carbocycles. The molecule has 2 aliphatic heterocycles. The molecule has 0 saturated carbocycles. The lowest BCUT2D eigenvalue weighted by Gasteiger charge is -2.39. The second-order valence-corrected chi connectivity index (χ2v) is 14.7. The van der Waals surface area contributed by atoms with E-state index in [-0.39, 0.29) is 17.1 Å². The number of rotatable bonds is 14. The van der Waals surface area contributed by atoms with Gasteiger partial charge in [0.1, 0.15) is 36.6 Å². The van der Waals surface area contributed by atoms with Gasteiger partial charge in [0.05, 0.1) is 19.0 Å². The van der Waals surface area contributed by atoms with Gasteiger partial charge in [0.2, 0.25) is 5.95 Å². The van der Waals surface area contributed by atoms with Crippen LogP contribution < -0.4 is 11.3 Å². The first-order chi connectivity index (χ1) is 24.3. The average Bonchev–Trinajstić information content (AvgIpc) is 3.63. The maximum Gasteiger partial charge on any atom is 0.486 e. The van der Waals surface area contributed by atoms with Gasteiger partial charge in [0.15, 0.2) is 23.7 Å². The number of aliphatic hydroxyl groups excluding tert-OH is 5. The summed E-state index contributed by atoms with van der Waals surface area (Å²) in [5.41, 5.74) is 4.58. The van der Waals surface area contributed by atoms with E-state index < -0.39 is 83.1 Å². The van der Waals surface area contributed by atoms with Crippen molar-refractivity contribution in [2.75, 3.05) is 51.6 Å². The largest absolute Gasteiger partial charge is 0.486 e. The van der Waals surface area contributed by atoms with Gasteiger partial charge < -0.3 is 60.3 Å². The lowest BCUT2D eigenvalue weighted by molar-refractivity contribution is -0.272. The number of H-pyrrole nitrogens is 1. The van der Waals surface area contributed by atoms with Crippen LogP contribution in [-0.2, 0) is 32.0 Å². The SMILES string of the molecule is CCN(CC)CC.CCN(CC)CC.C[C@@H]1O[C@H](OP(=O)(OC[C@H]2O[C@@H](n3cnc4c(=O)[nH]c(N)nc43)[C@H](O)[C@@H]2O)OP(=O)(O)O)[C@@H](O)[C@H](O)[C@@H]1O. The Hall–Kier alpha value is -1.95. The van der Waals surface area contributed by atoms with Crippen LogP contribution in [0.25, 0.3) is 11.2 Å². The normalized spacial score (nSPS) is 29.0. The molecule has 2 saturated heterocycles. The van der Waals surface area contributed by atoms with Gasteiger partial charge in [0.25, 0.3) is 5.56 Å². The van der Waals surface area contributed by atoms with Crippen LogP contribution in [0.3, 0.4) is 0 Å². The molecule has 2 aromatic rings. The molecule has 4 heterocycles. The minimum absolute atomic E-state index is 0.110. The first-order valence-corrected chi connectivity index (χ1v) is 19.9. The Bertz CT molecular complexity index is 1500. The lowest BCUT2D eigenvalue weighted by atomic mass is 10.0. The third-order valence-corrected chi connectivity index (χ3v) is 11.0. The van der Waals surface area contributed by atoms with Gasteiger partial charge in [-0.15, -0.1) is 0 Å². The summed E-state index contributed by atoms with van der Waals surface area (Å²) in [6.45, 7) is 20.5. The van der Waals surface area contributed by atoms with Gasteiger partial charge in [0, 0.05) is 0 Å². The summed E-state index contributed by atoms with van der Waals surface area (Å²) in [6.07, 6.45) is -14.1. The Balaban J connectivity index is 0.000000564. The third-order valence-electron chi connectivity index (χ3n) is 8.39. The van der Waals surface area contributed by atoms with Crippen molar-refractivity contribution < 1.29 is 67.3 Å². The zero-order valence-corrected chi connectivity index (χ0v) is 32.1. The molecule has 0 spiro atoms. The minimum Gasteiger partial charge on any atom is -0.388 e. The van der Waals surface area contributed by atoms with E-state index in [1.54, 1.807) is 0 Å². The van der Waals surface area contributed by atoms with E-state index in [2.05, 4.69) is 70.6 Å². The smallest absolute Gasteiger partial charge is 0.388 e. The maximum absolute atomic E-state index is 13.1. The van der Waals surface area contributed by atoms with Crippen LogP contribution >= 0.6 is 15.6 Å². The molecule has 24 heteroatoms. The van der Waals surface area contributed by atoms with Crippen molar-refractivity contribution in [2.45, 2.75) is 104 Å². The summed E-state index contributed by atoms with van der Waals surface area (Å²) in [5.74, 6) is -0.274. The number of anilines is 1. The Labute approximate surface area is 301 Å². The monoisotopic (exact) mass is 791 g/mol. The van der Waals surface area contributed by atoms with Gasteiger partial charge in [-0.2, -0.15) is 9.29 Å². The number of aromatic nitrogens is 4. The molecule has 10 N–H and O–H groups in total. The van der Waals surface area contributed by atoms with Crippen LogP contribution in [0.1, 0.15) is 54.7 Å². The van der Waals surface area contributed by atoms with Crippen LogP contribution in [0, 0.1) is 0 Å². The second kappa shape index (κ2) is 20.7. The molecule has 10 atom stereocenters. The van der Waals surface area contributed by atoms with Gasteiger partial charge in [-0.1, -0.05) is 41.5 Å². The van der Waals surface area contributed by atoms with E-state index in [1.165, 1.54) is 46.2 Å². The molecular formula is C28H55N7O15P2. The fraction of sp³-hybridized carbons (Fsp3) is 0.821. The predicted molar refractivity (Wildman–Crippen MR) is 186 cm³/mol. The molecule has 302 valence electrons. The topological polar surface area (TPSA) is 318 Å². The van der Waals surface area contributed by atoms with E-state index in [0.29, 0.717) is 0 Å². The highest BCUT2D eigenvalue weighted by molar-refractivity contribution is 7.61. The summed E-state index contributed by atoms with van der Waals surface area (Å²) in [4.78, 5) is 45.1. The van der Waals surface area contributed by atoms with E-state index in [9.17, 15) is 49.2 Å². The first-order valence-electron chi connectivity index (χ1n) is 16.9. The molecule has 0 amide bonds.